The summed E-state index contributed by atoms with van der Waals surface area (Å²) < 4.78 is 0. The summed E-state index contributed by atoms with van der Waals surface area (Å²) in [6, 6.07) is 7.49. The van der Waals surface area contributed by atoms with Crippen LogP contribution in [0, 0.1) is 6.92 Å². The minimum atomic E-state index is 0.0540. The lowest BCUT2D eigenvalue weighted by Gasteiger charge is -1.99. The Balaban J connectivity index is 1.95. The number of benzene rings is 1. The van der Waals surface area contributed by atoms with Gasteiger partial charge in [-0.25, -0.2) is 5.10 Å². The van der Waals surface area contributed by atoms with Gasteiger partial charge in [0, 0.05) is 5.56 Å². The second-order valence-corrected chi connectivity index (χ2v) is 4.52. The lowest BCUT2D eigenvalue weighted by Crippen LogP contribution is -2.02. The molecule has 0 spiro atoms. The zero-order valence-corrected chi connectivity index (χ0v) is 10.1. The Labute approximate surface area is 103 Å². The van der Waals surface area contributed by atoms with Crippen molar-refractivity contribution in [1.29, 1.82) is 0 Å². The first kappa shape index (κ1) is 11.7. The Morgan fingerprint density at radius 1 is 1.41 bits per heavy atom. The zero-order valence-electron chi connectivity index (χ0n) is 9.30. The van der Waals surface area contributed by atoms with Crippen molar-refractivity contribution in [1.82, 2.24) is 15.2 Å². The van der Waals surface area contributed by atoms with E-state index in [2.05, 4.69) is 15.2 Å². The second-order valence-electron chi connectivity index (χ2n) is 3.58. The molecule has 0 radical (unpaired) electrons. The summed E-state index contributed by atoms with van der Waals surface area (Å²) >= 11 is 1.27. The van der Waals surface area contributed by atoms with Gasteiger partial charge in [-0.15, -0.1) is 5.10 Å². The normalized spacial score (nSPS) is 10.4. The van der Waals surface area contributed by atoms with Gasteiger partial charge in [-0.2, -0.15) is 4.98 Å². The maximum absolute atomic E-state index is 11.8. The first-order chi connectivity index (χ1) is 8.15. The molecule has 1 aromatic carbocycles. The van der Waals surface area contributed by atoms with Crippen LogP contribution in [0.15, 0.2) is 29.4 Å². The number of aryl methyl sites for hydroxylation is 1. The average Bonchev–Trinajstić information content (AvgIpc) is 2.73. The maximum atomic E-state index is 11.8. The molecular weight excluding hydrogens is 236 g/mol. The van der Waals surface area contributed by atoms with Crippen LogP contribution in [0.5, 0.6) is 0 Å². The number of thioether (sulfide) groups is 1. The molecule has 2 aromatic rings. The van der Waals surface area contributed by atoms with Crippen LogP contribution in [0.4, 0.5) is 5.95 Å². The SMILES string of the molecule is Cc1ccc(C(=O)CSc2n[nH]c(N)n2)cc1. The molecule has 3 N–H and O–H groups in total. The Morgan fingerprint density at radius 2 is 2.12 bits per heavy atom. The summed E-state index contributed by atoms with van der Waals surface area (Å²) in [6.07, 6.45) is 0. The number of Topliss-reactive ketones (excluding diaryl/α,β-unsaturated/α-hetero) is 1. The summed E-state index contributed by atoms with van der Waals surface area (Å²) in [5.41, 5.74) is 7.22. The highest BCUT2D eigenvalue weighted by Gasteiger charge is 2.08. The van der Waals surface area contributed by atoms with Crippen molar-refractivity contribution in [2.45, 2.75) is 12.1 Å². The minimum Gasteiger partial charge on any atom is -0.368 e. The molecule has 17 heavy (non-hydrogen) atoms. The predicted octanol–water partition coefficient (Wildman–Crippen LogP) is 1.67. The Morgan fingerprint density at radius 3 is 2.71 bits per heavy atom. The third-order valence-electron chi connectivity index (χ3n) is 2.19. The summed E-state index contributed by atoms with van der Waals surface area (Å²) in [5, 5.41) is 6.86. The lowest BCUT2D eigenvalue weighted by atomic mass is 10.1. The quantitative estimate of drug-likeness (QED) is 0.635. The molecule has 0 bridgehead atoms. The number of nitrogen functional groups attached to an aromatic ring is 1. The molecule has 0 aliphatic heterocycles. The summed E-state index contributed by atoms with van der Waals surface area (Å²) in [6.45, 7) is 1.99. The van der Waals surface area contributed by atoms with Gasteiger partial charge in [-0.05, 0) is 6.92 Å². The van der Waals surface area contributed by atoms with E-state index in [0.29, 0.717) is 16.5 Å². The molecule has 0 aliphatic rings. The highest BCUT2D eigenvalue weighted by atomic mass is 32.2. The smallest absolute Gasteiger partial charge is 0.216 e. The Kier molecular flexibility index (Phi) is 3.43. The van der Waals surface area contributed by atoms with E-state index in [-0.39, 0.29) is 11.7 Å². The third kappa shape index (κ3) is 3.07. The number of hydrogen-bond acceptors (Lipinski definition) is 5. The molecule has 0 saturated heterocycles. The van der Waals surface area contributed by atoms with Crippen LogP contribution in [0.2, 0.25) is 0 Å². The monoisotopic (exact) mass is 248 g/mol. The van der Waals surface area contributed by atoms with Gasteiger partial charge in [-0.3, -0.25) is 4.79 Å². The number of carbonyl (C=O) groups excluding carboxylic acids is 1. The van der Waals surface area contributed by atoms with Gasteiger partial charge in [0.2, 0.25) is 11.1 Å². The van der Waals surface area contributed by atoms with Crippen LogP contribution < -0.4 is 5.73 Å². The van der Waals surface area contributed by atoms with Crippen molar-refractivity contribution in [2.75, 3.05) is 11.5 Å². The molecule has 1 aromatic heterocycles. The van der Waals surface area contributed by atoms with E-state index in [1.54, 1.807) is 0 Å². The number of aromatic nitrogens is 3. The minimum absolute atomic E-state index is 0.0540. The largest absolute Gasteiger partial charge is 0.368 e. The maximum Gasteiger partial charge on any atom is 0.216 e. The van der Waals surface area contributed by atoms with Crippen molar-refractivity contribution in [2.24, 2.45) is 0 Å². The Hall–Kier alpha value is -1.82. The van der Waals surface area contributed by atoms with Crippen molar-refractivity contribution in [3.8, 4) is 0 Å². The van der Waals surface area contributed by atoms with E-state index in [0.717, 1.165) is 5.56 Å². The van der Waals surface area contributed by atoms with E-state index in [9.17, 15) is 4.79 Å². The molecule has 0 aliphatic carbocycles. The van der Waals surface area contributed by atoms with E-state index in [1.807, 2.05) is 31.2 Å². The van der Waals surface area contributed by atoms with Crippen molar-refractivity contribution < 1.29 is 4.79 Å². The number of nitrogens with one attached hydrogen (secondary N) is 1. The number of nitrogens with zero attached hydrogens (tertiary/aromatic N) is 2. The molecule has 88 valence electrons. The van der Waals surface area contributed by atoms with E-state index < -0.39 is 0 Å². The fourth-order valence-corrected chi connectivity index (χ4v) is 1.98. The standard InChI is InChI=1S/C11H12N4OS/c1-7-2-4-8(5-3-7)9(16)6-17-11-13-10(12)14-15-11/h2-5H,6H2,1H3,(H3,12,13,14,15). The first-order valence-corrected chi connectivity index (χ1v) is 6.04. The van der Waals surface area contributed by atoms with Gasteiger partial charge >= 0.3 is 0 Å². The topological polar surface area (TPSA) is 84.7 Å². The molecule has 0 fully saturated rings. The fraction of sp³-hybridized carbons (Fsp3) is 0.182. The van der Waals surface area contributed by atoms with Crippen molar-refractivity contribution in [3.05, 3.63) is 35.4 Å². The highest BCUT2D eigenvalue weighted by Crippen LogP contribution is 2.15. The summed E-state index contributed by atoms with van der Waals surface area (Å²) in [5.74, 6) is 0.619. The molecule has 0 unspecified atom stereocenters. The number of nitrogens with two attached hydrogens (primary N) is 1. The van der Waals surface area contributed by atoms with E-state index >= 15 is 0 Å². The van der Waals surface area contributed by atoms with Crippen molar-refractivity contribution >= 4 is 23.5 Å². The van der Waals surface area contributed by atoms with Crippen LogP contribution in [0.1, 0.15) is 15.9 Å². The van der Waals surface area contributed by atoms with Crippen LogP contribution >= 0.6 is 11.8 Å². The molecule has 2 rings (SSSR count). The first-order valence-electron chi connectivity index (χ1n) is 5.05. The van der Waals surface area contributed by atoms with Gasteiger partial charge < -0.3 is 5.73 Å². The molecule has 0 saturated carbocycles. The molecule has 6 heteroatoms. The number of H-pyrrole nitrogens is 1. The molecular formula is C11H12N4OS. The highest BCUT2D eigenvalue weighted by molar-refractivity contribution is 7.99. The number of hydrogen-bond donors (Lipinski definition) is 2. The van der Waals surface area contributed by atoms with Crippen LogP contribution in [-0.2, 0) is 0 Å². The fourth-order valence-electron chi connectivity index (χ4n) is 1.28. The zero-order chi connectivity index (χ0) is 12.3. The van der Waals surface area contributed by atoms with Gasteiger partial charge in [-0.1, -0.05) is 41.6 Å². The number of rotatable bonds is 4. The molecule has 0 amide bonds. The number of carbonyl (C=O) groups is 1. The molecule has 5 nitrogen and oxygen atoms in total. The van der Waals surface area contributed by atoms with Gasteiger partial charge in [0.1, 0.15) is 0 Å². The van der Waals surface area contributed by atoms with E-state index in [4.69, 9.17) is 5.73 Å². The third-order valence-corrected chi connectivity index (χ3v) is 3.04. The van der Waals surface area contributed by atoms with E-state index in [1.165, 1.54) is 11.8 Å². The van der Waals surface area contributed by atoms with Crippen LogP contribution in [-0.4, -0.2) is 26.7 Å². The summed E-state index contributed by atoms with van der Waals surface area (Å²) in [4.78, 5) is 15.7. The molecule has 1 heterocycles. The average molecular weight is 248 g/mol. The van der Waals surface area contributed by atoms with Crippen LogP contribution in [0.25, 0.3) is 0 Å². The van der Waals surface area contributed by atoms with Crippen LogP contribution in [0.3, 0.4) is 0 Å². The molecule has 0 atom stereocenters. The number of ketones is 1. The second kappa shape index (κ2) is 5.01. The lowest BCUT2D eigenvalue weighted by molar-refractivity contribution is 0.102. The van der Waals surface area contributed by atoms with Crippen molar-refractivity contribution in [3.63, 3.8) is 0 Å². The number of aromatic amines is 1. The summed E-state index contributed by atoms with van der Waals surface area (Å²) in [7, 11) is 0. The van der Waals surface area contributed by atoms with Gasteiger partial charge in [0.25, 0.3) is 0 Å². The van der Waals surface area contributed by atoms with Gasteiger partial charge in [0.05, 0.1) is 5.75 Å². The number of anilines is 1. The Bertz CT molecular complexity index is 521. The van der Waals surface area contributed by atoms with Gasteiger partial charge in [0.15, 0.2) is 5.78 Å². The predicted molar refractivity (Wildman–Crippen MR) is 67.0 cm³/mol.